The maximum atomic E-state index is 11.6. The second kappa shape index (κ2) is 5.48. The van der Waals surface area contributed by atoms with Crippen LogP contribution in [0.15, 0.2) is 41.6 Å². The third kappa shape index (κ3) is 3.25. The maximum Gasteiger partial charge on any atom is 0.240 e. The molecule has 0 bridgehead atoms. The van der Waals surface area contributed by atoms with Gasteiger partial charge < -0.3 is 11.1 Å². The summed E-state index contributed by atoms with van der Waals surface area (Å²) in [6, 6.07) is 6.44. The predicted octanol–water partition coefficient (Wildman–Crippen LogP) is 1.23. The van der Waals surface area contributed by atoms with E-state index in [-0.39, 0.29) is 4.90 Å². The average Bonchev–Trinajstić information content (AvgIpc) is 2.38. The van der Waals surface area contributed by atoms with E-state index in [1.165, 1.54) is 6.07 Å². The van der Waals surface area contributed by atoms with Crippen molar-refractivity contribution in [2.24, 2.45) is 5.14 Å². The molecule has 0 radical (unpaired) electrons. The molecule has 0 aliphatic carbocycles. The van der Waals surface area contributed by atoms with Gasteiger partial charge in [0, 0.05) is 24.6 Å². The van der Waals surface area contributed by atoms with Gasteiger partial charge in [-0.15, -0.1) is 0 Å². The lowest BCUT2D eigenvalue weighted by Gasteiger charge is -2.12. The Labute approximate surface area is 117 Å². The molecule has 6 nitrogen and oxygen atoms in total. The van der Waals surface area contributed by atoms with Crippen LogP contribution >= 0.6 is 0 Å². The molecule has 20 heavy (non-hydrogen) atoms. The van der Waals surface area contributed by atoms with Crippen LogP contribution in [0.2, 0.25) is 0 Å². The van der Waals surface area contributed by atoms with Gasteiger partial charge in [-0.2, -0.15) is 0 Å². The fourth-order valence-electron chi connectivity index (χ4n) is 1.81. The molecule has 5 N–H and O–H groups in total. The smallest absolute Gasteiger partial charge is 0.240 e. The third-order valence-corrected chi connectivity index (χ3v) is 3.87. The van der Waals surface area contributed by atoms with Crippen molar-refractivity contribution in [2.75, 3.05) is 11.1 Å². The number of nitrogen functional groups attached to an aromatic ring is 1. The summed E-state index contributed by atoms with van der Waals surface area (Å²) < 4.78 is 23.1. The molecule has 0 aliphatic heterocycles. The number of benzene rings is 1. The van der Waals surface area contributed by atoms with Gasteiger partial charge in [0.1, 0.15) is 4.90 Å². The molecular formula is C13H16N4O2S. The van der Waals surface area contributed by atoms with E-state index < -0.39 is 10.0 Å². The lowest BCUT2D eigenvalue weighted by molar-refractivity contribution is 0.598. The van der Waals surface area contributed by atoms with Crippen LogP contribution < -0.4 is 16.2 Å². The molecule has 0 unspecified atom stereocenters. The number of anilines is 2. The molecular weight excluding hydrogens is 276 g/mol. The minimum Gasteiger partial charge on any atom is -0.399 e. The molecule has 0 saturated carbocycles. The Balaban J connectivity index is 2.29. The lowest BCUT2D eigenvalue weighted by atomic mass is 10.1. The molecule has 0 atom stereocenters. The summed E-state index contributed by atoms with van der Waals surface area (Å²) in [4.78, 5) is 4.00. The van der Waals surface area contributed by atoms with Gasteiger partial charge >= 0.3 is 0 Å². The minimum absolute atomic E-state index is 0.00999. The van der Waals surface area contributed by atoms with Crippen molar-refractivity contribution in [3.8, 4) is 0 Å². The zero-order valence-electron chi connectivity index (χ0n) is 11.0. The number of aryl methyl sites for hydroxylation is 1. The fraction of sp³-hybridized carbons (Fsp3) is 0.154. The van der Waals surface area contributed by atoms with Crippen molar-refractivity contribution in [3.05, 3.63) is 47.8 Å². The molecule has 7 heteroatoms. The zero-order chi connectivity index (χ0) is 14.8. The van der Waals surface area contributed by atoms with Crippen LogP contribution in [0.4, 0.5) is 11.4 Å². The number of nitrogens with one attached hydrogen (secondary N) is 1. The molecule has 106 valence electrons. The second-order valence-corrected chi connectivity index (χ2v) is 5.99. The summed E-state index contributed by atoms with van der Waals surface area (Å²) in [5.41, 5.74) is 8.42. The summed E-state index contributed by atoms with van der Waals surface area (Å²) in [7, 11) is -3.83. The molecule has 2 aromatic rings. The largest absolute Gasteiger partial charge is 0.399 e. The Morgan fingerprint density at radius 1 is 1.30 bits per heavy atom. The van der Waals surface area contributed by atoms with Crippen LogP contribution in [0.25, 0.3) is 0 Å². The van der Waals surface area contributed by atoms with E-state index in [1.54, 1.807) is 24.5 Å². The van der Waals surface area contributed by atoms with Gasteiger partial charge in [-0.1, -0.05) is 0 Å². The molecule has 1 aromatic carbocycles. The third-order valence-electron chi connectivity index (χ3n) is 2.92. The van der Waals surface area contributed by atoms with Crippen molar-refractivity contribution in [1.82, 2.24) is 4.98 Å². The SMILES string of the molecule is Cc1cnccc1CNc1ccc(N)cc1S(N)(=O)=O. The number of nitrogens with two attached hydrogens (primary N) is 2. The van der Waals surface area contributed by atoms with Crippen molar-refractivity contribution in [3.63, 3.8) is 0 Å². The van der Waals surface area contributed by atoms with Crippen LogP contribution in [0.1, 0.15) is 11.1 Å². The van der Waals surface area contributed by atoms with E-state index in [2.05, 4.69) is 10.3 Å². The fourth-order valence-corrected chi connectivity index (χ4v) is 2.56. The van der Waals surface area contributed by atoms with E-state index in [4.69, 9.17) is 10.9 Å². The standard InChI is InChI=1S/C13H16N4O2S/c1-9-7-16-5-4-10(9)8-17-12-3-2-11(14)6-13(12)20(15,18)19/h2-7,17H,8,14H2,1H3,(H2,15,18,19). The zero-order valence-corrected chi connectivity index (χ0v) is 11.8. The van der Waals surface area contributed by atoms with Crippen molar-refractivity contribution < 1.29 is 8.42 Å². The number of sulfonamides is 1. The summed E-state index contributed by atoms with van der Waals surface area (Å²) in [5.74, 6) is 0. The first-order chi connectivity index (χ1) is 9.38. The van der Waals surface area contributed by atoms with E-state index >= 15 is 0 Å². The Morgan fingerprint density at radius 2 is 2.05 bits per heavy atom. The van der Waals surface area contributed by atoms with Crippen molar-refractivity contribution in [1.29, 1.82) is 0 Å². The topological polar surface area (TPSA) is 111 Å². The van der Waals surface area contributed by atoms with Crippen LogP contribution in [0.5, 0.6) is 0 Å². The predicted molar refractivity (Wildman–Crippen MR) is 78.5 cm³/mol. The van der Waals surface area contributed by atoms with E-state index in [0.717, 1.165) is 11.1 Å². The van der Waals surface area contributed by atoms with Gasteiger partial charge in [0.2, 0.25) is 10.0 Å². The normalized spacial score (nSPS) is 11.3. The van der Waals surface area contributed by atoms with Crippen molar-refractivity contribution >= 4 is 21.4 Å². The molecule has 2 rings (SSSR count). The van der Waals surface area contributed by atoms with Crippen LogP contribution in [-0.4, -0.2) is 13.4 Å². The van der Waals surface area contributed by atoms with Gasteiger partial charge in [0.25, 0.3) is 0 Å². The Bertz CT molecular complexity index is 729. The first-order valence-electron chi connectivity index (χ1n) is 5.93. The number of hydrogen-bond donors (Lipinski definition) is 3. The maximum absolute atomic E-state index is 11.6. The van der Waals surface area contributed by atoms with Gasteiger partial charge in [0.05, 0.1) is 5.69 Å². The molecule has 0 amide bonds. The highest BCUT2D eigenvalue weighted by Crippen LogP contribution is 2.23. The second-order valence-electron chi connectivity index (χ2n) is 4.46. The van der Waals surface area contributed by atoms with E-state index in [9.17, 15) is 8.42 Å². The Hall–Kier alpha value is -2.12. The summed E-state index contributed by atoms with van der Waals surface area (Å²) >= 11 is 0. The molecule has 0 spiro atoms. The van der Waals surface area contributed by atoms with Gasteiger partial charge in [-0.05, 0) is 42.3 Å². The Kier molecular flexibility index (Phi) is 3.91. The first-order valence-corrected chi connectivity index (χ1v) is 7.48. The highest BCUT2D eigenvalue weighted by Gasteiger charge is 2.14. The quantitative estimate of drug-likeness (QED) is 0.734. The van der Waals surface area contributed by atoms with Crippen LogP contribution in [0, 0.1) is 6.92 Å². The summed E-state index contributed by atoms with van der Waals surface area (Å²) in [6.45, 7) is 2.41. The molecule has 0 aliphatic rings. The van der Waals surface area contributed by atoms with Crippen LogP contribution in [-0.2, 0) is 16.6 Å². The minimum atomic E-state index is -3.83. The number of aromatic nitrogens is 1. The first kappa shape index (κ1) is 14.3. The van der Waals surface area contributed by atoms with E-state index in [1.807, 2.05) is 13.0 Å². The summed E-state index contributed by atoms with van der Waals surface area (Å²) in [5, 5.41) is 8.25. The number of rotatable bonds is 4. The monoisotopic (exact) mass is 292 g/mol. The molecule has 1 heterocycles. The van der Waals surface area contributed by atoms with Crippen molar-refractivity contribution in [2.45, 2.75) is 18.4 Å². The lowest BCUT2D eigenvalue weighted by Crippen LogP contribution is -2.15. The number of hydrogen-bond acceptors (Lipinski definition) is 5. The van der Waals surface area contributed by atoms with Gasteiger partial charge in [-0.25, -0.2) is 13.6 Å². The Morgan fingerprint density at radius 3 is 2.70 bits per heavy atom. The van der Waals surface area contributed by atoms with Gasteiger partial charge in [-0.3, -0.25) is 4.98 Å². The summed E-state index contributed by atoms with van der Waals surface area (Å²) in [6.07, 6.45) is 3.44. The highest BCUT2D eigenvalue weighted by molar-refractivity contribution is 7.89. The molecule has 0 saturated heterocycles. The average molecular weight is 292 g/mol. The van der Waals surface area contributed by atoms with Crippen LogP contribution in [0.3, 0.4) is 0 Å². The number of primary sulfonamides is 1. The number of nitrogens with zero attached hydrogens (tertiary/aromatic N) is 1. The molecule has 0 fully saturated rings. The van der Waals surface area contributed by atoms with E-state index in [0.29, 0.717) is 17.9 Å². The highest BCUT2D eigenvalue weighted by atomic mass is 32.2. The molecule has 1 aromatic heterocycles. The number of pyridine rings is 1. The van der Waals surface area contributed by atoms with Gasteiger partial charge in [0.15, 0.2) is 0 Å².